The number of nitrogens with zero attached hydrogens (tertiary/aromatic N) is 1. The van der Waals surface area contributed by atoms with Gasteiger partial charge in [0.1, 0.15) is 0 Å². The fourth-order valence-corrected chi connectivity index (χ4v) is 2.06. The predicted molar refractivity (Wildman–Crippen MR) is 75.3 cm³/mol. The number of hydrogen-bond donors (Lipinski definition) is 1. The van der Waals surface area contributed by atoms with E-state index in [0.29, 0.717) is 0 Å². The fourth-order valence-electron chi connectivity index (χ4n) is 2.06. The number of benzene rings is 1. The van der Waals surface area contributed by atoms with Crippen LogP contribution in [0.25, 0.3) is 16.7 Å². The molecule has 0 bridgehead atoms. The van der Waals surface area contributed by atoms with Crippen molar-refractivity contribution < 1.29 is 22.3 Å². The van der Waals surface area contributed by atoms with Crippen LogP contribution in [0.1, 0.15) is 12.5 Å². The topological polar surface area (TPSA) is 48.1 Å². The van der Waals surface area contributed by atoms with E-state index in [-0.39, 0.29) is 28.0 Å². The molecule has 0 fully saturated rings. The van der Waals surface area contributed by atoms with Gasteiger partial charge in [-0.05, 0) is 30.2 Å². The van der Waals surface area contributed by atoms with Crippen LogP contribution in [0.2, 0.25) is 0 Å². The van der Waals surface area contributed by atoms with E-state index in [1.807, 2.05) is 0 Å². The summed E-state index contributed by atoms with van der Waals surface area (Å²) in [6.07, 6.45) is 1.18. The molecule has 0 saturated carbocycles. The molecule has 1 aromatic heterocycles. The Morgan fingerprint density at radius 3 is 2.55 bits per heavy atom. The third-order valence-corrected chi connectivity index (χ3v) is 2.95. The molecule has 0 atom stereocenters. The van der Waals surface area contributed by atoms with E-state index in [2.05, 4.69) is 16.3 Å². The maximum absolute atomic E-state index is 14.2. The number of halogens is 4. The lowest BCUT2D eigenvalue weighted by molar-refractivity contribution is -0.0521. The summed E-state index contributed by atoms with van der Waals surface area (Å²) in [4.78, 5) is 3.39. The fraction of sp³-hybridized carbons (Fsp3) is 0.133. The van der Waals surface area contributed by atoms with E-state index in [1.54, 1.807) is 0 Å². The first-order valence-electron chi connectivity index (χ1n) is 6.15. The molecule has 2 rings (SSSR count). The first-order chi connectivity index (χ1) is 10.3. The number of aromatic nitrogens is 1. The van der Waals surface area contributed by atoms with Crippen LogP contribution in [0.15, 0.2) is 31.0 Å². The summed E-state index contributed by atoms with van der Waals surface area (Å²) in [5.41, 5.74) is 6.32. The predicted octanol–water partition coefficient (Wildman–Crippen LogP) is 4.24. The lowest BCUT2D eigenvalue weighted by atomic mass is 9.96. The minimum Gasteiger partial charge on any atom is -0.432 e. The van der Waals surface area contributed by atoms with Gasteiger partial charge in [-0.15, -0.1) is 0 Å². The summed E-state index contributed by atoms with van der Waals surface area (Å²) >= 11 is 0. The van der Waals surface area contributed by atoms with Crippen LogP contribution in [0.5, 0.6) is 5.75 Å². The van der Waals surface area contributed by atoms with Gasteiger partial charge in [-0.1, -0.05) is 6.58 Å². The number of allylic oxidation sites excluding steroid dienone is 1. The molecule has 2 aromatic rings. The van der Waals surface area contributed by atoms with Crippen LogP contribution in [0.4, 0.5) is 23.2 Å². The minimum absolute atomic E-state index is 0.0442. The van der Waals surface area contributed by atoms with Gasteiger partial charge in [0.25, 0.3) is 0 Å². The lowest BCUT2D eigenvalue weighted by Gasteiger charge is -2.16. The third kappa shape index (κ3) is 3.03. The number of nitrogen functional groups attached to an aromatic ring is 1. The van der Waals surface area contributed by atoms with Crippen molar-refractivity contribution >= 4 is 11.3 Å². The molecular formula is C15H12F4N2O. The Kier molecular flexibility index (Phi) is 4.35. The molecule has 3 nitrogen and oxygen atoms in total. The maximum Gasteiger partial charge on any atom is 0.387 e. The normalized spacial score (nSPS) is 10.8. The van der Waals surface area contributed by atoms with Crippen molar-refractivity contribution in [1.82, 2.24) is 4.98 Å². The number of hydrogen-bond acceptors (Lipinski definition) is 3. The summed E-state index contributed by atoms with van der Waals surface area (Å²) in [5.74, 6) is -2.51. The molecule has 0 aliphatic carbocycles. The zero-order valence-corrected chi connectivity index (χ0v) is 11.5. The van der Waals surface area contributed by atoms with Gasteiger partial charge in [0.2, 0.25) is 5.95 Å². The van der Waals surface area contributed by atoms with Crippen molar-refractivity contribution in [2.75, 3.05) is 5.73 Å². The van der Waals surface area contributed by atoms with E-state index in [4.69, 9.17) is 5.73 Å². The molecule has 0 aliphatic rings. The van der Waals surface area contributed by atoms with E-state index in [9.17, 15) is 17.6 Å². The summed E-state index contributed by atoms with van der Waals surface area (Å²) < 4.78 is 56.5. The molecule has 0 saturated heterocycles. The molecule has 0 amide bonds. The van der Waals surface area contributed by atoms with Crippen LogP contribution in [0.3, 0.4) is 0 Å². The molecule has 1 aromatic carbocycles. The molecule has 2 N–H and O–H groups in total. The molecule has 0 aliphatic heterocycles. The molecule has 116 valence electrons. The van der Waals surface area contributed by atoms with Crippen LogP contribution in [-0.4, -0.2) is 11.6 Å². The largest absolute Gasteiger partial charge is 0.432 e. The summed E-state index contributed by atoms with van der Waals surface area (Å²) in [7, 11) is 0. The van der Waals surface area contributed by atoms with Gasteiger partial charge < -0.3 is 10.5 Å². The van der Waals surface area contributed by atoms with E-state index >= 15 is 0 Å². The number of ether oxygens (including phenoxy) is 1. The summed E-state index contributed by atoms with van der Waals surface area (Å²) in [6.45, 7) is 1.83. The molecule has 0 radical (unpaired) electrons. The van der Waals surface area contributed by atoms with Crippen LogP contribution in [-0.2, 0) is 0 Å². The average molecular weight is 312 g/mol. The monoisotopic (exact) mass is 312 g/mol. The second-order valence-corrected chi connectivity index (χ2v) is 4.55. The van der Waals surface area contributed by atoms with Gasteiger partial charge in [0.15, 0.2) is 11.6 Å². The molecule has 1 heterocycles. The molecule has 0 unspecified atom stereocenters. The first-order valence-corrected chi connectivity index (χ1v) is 6.15. The second-order valence-electron chi connectivity index (χ2n) is 4.55. The van der Waals surface area contributed by atoms with Crippen LogP contribution >= 0.6 is 0 Å². The Morgan fingerprint density at radius 1 is 1.32 bits per heavy atom. The van der Waals surface area contributed by atoms with E-state index < -0.39 is 24.1 Å². The number of rotatable bonds is 4. The Labute approximate surface area is 124 Å². The zero-order valence-electron chi connectivity index (χ0n) is 11.5. The zero-order chi connectivity index (χ0) is 16.4. The van der Waals surface area contributed by atoms with Gasteiger partial charge in [-0.2, -0.15) is 13.2 Å². The number of nitrogens with two attached hydrogens (primary N) is 1. The maximum atomic E-state index is 14.2. The van der Waals surface area contributed by atoms with Crippen molar-refractivity contribution in [2.45, 2.75) is 13.5 Å². The average Bonchev–Trinajstić information content (AvgIpc) is 2.41. The summed E-state index contributed by atoms with van der Waals surface area (Å²) in [5, 5.41) is 0. The van der Waals surface area contributed by atoms with Crippen molar-refractivity contribution in [3.63, 3.8) is 0 Å². The highest BCUT2D eigenvalue weighted by Gasteiger charge is 2.21. The SMILES string of the molecule is C=C(C)c1c(N)c(-c2ccnc(F)c2)cc(OC(F)F)c1F. The number of alkyl halides is 2. The second kappa shape index (κ2) is 6.05. The first kappa shape index (κ1) is 15.8. The standard InChI is InChI=1S/C15H12F4N2O/c1-7(2)12-13(17)10(22-15(18)19)6-9(14(12)20)8-3-4-21-11(16)5-8/h3-6,15H,1,20H2,2H3. The highest BCUT2D eigenvalue weighted by Crippen LogP contribution is 2.39. The number of pyridine rings is 1. The van der Waals surface area contributed by atoms with Crippen LogP contribution < -0.4 is 10.5 Å². The van der Waals surface area contributed by atoms with Crippen LogP contribution in [0, 0.1) is 11.8 Å². The van der Waals surface area contributed by atoms with Gasteiger partial charge >= 0.3 is 6.61 Å². The lowest BCUT2D eigenvalue weighted by Crippen LogP contribution is -2.08. The summed E-state index contributed by atoms with van der Waals surface area (Å²) in [6, 6.07) is 3.47. The highest BCUT2D eigenvalue weighted by molar-refractivity contribution is 5.87. The van der Waals surface area contributed by atoms with Crippen molar-refractivity contribution in [1.29, 1.82) is 0 Å². The van der Waals surface area contributed by atoms with Gasteiger partial charge in [-0.25, -0.2) is 9.37 Å². The number of anilines is 1. The molecule has 0 spiro atoms. The van der Waals surface area contributed by atoms with Crippen molar-refractivity contribution in [3.05, 3.63) is 48.3 Å². The molecule has 22 heavy (non-hydrogen) atoms. The van der Waals surface area contributed by atoms with Crippen molar-refractivity contribution in [2.24, 2.45) is 0 Å². The Morgan fingerprint density at radius 2 is 2.00 bits per heavy atom. The van der Waals surface area contributed by atoms with E-state index in [0.717, 1.165) is 12.1 Å². The smallest absolute Gasteiger partial charge is 0.387 e. The highest BCUT2D eigenvalue weighted by atomic mass is 19.3. The third-order valence-electron chi connectivity index (χ3n) is 2.95. The van der Waals surface area contributed by atoms with Gasteiger partial charge in [0, 0.05) is 23.4 Å². The molecule has 7 heteroatoms. The van der Waals surface area contributed by atoms with Crippen molar-refractivity contribution in [3.8, 4) is 16.9 Å². The Balaban J connectivity index is 2.73. The Bertz CT molecular complexity index is 732. The van der Waals surface area contributed by atoms with Gasteiger partial charge in [0.05, 0.1) is 5.69 Å². The molecular weight excluding hydrogens is 300 g/mol. The Hall–Kier alpha value is -2.57. The van der Waals surface area contributed by atoms with Gasteiger partial charge in [-0.3, -0.25) is 0 Å². The quantitative estimate of drug-likeness (QED) is 0.522. The minimum atomic E-state index is -3.21. The van der Waals surface area contributed by atoms with E-state index in [1.165, 1.54) is 19.2 Å².